The average molecular weight is 231 g/mol. The molecule has 90 valence electrons. The third-order valence-electron chi connectivity index (χ3n) is 2.95. The predicted octanol–water partition coefficient (Wildman–Crippen LogP) is 1.73. The number of rotatable bonds is 5. The van der Waals surface area contributed by atoms with Crippen LogP contribution in [0.3, 0.4) is 0 Å². The molecule has 0 heterocycles. The lowest BCUT2D eigenvalue weighted by atomic mass is 10.2. The fourth-order valence-corrected chi connectivity index (χ4v) is 2.08. The number of aliphatic hydroxyl groups excluding tert-OH is 1. The van der Waals surface area contributed by atoms with Gasteiger partial charge in [-0.1, -0.05) is 30.3 Å². The summed E-state index contributed by atoms with van der Waals surface area (Å²) in [6.45, 7) is 1.44. The molecular formula is C14H17NO2. The van der Waals surface area contributed by atoms with Gasteiger partial charge in [-0.05, 0) is 12.0 Å². The lowest BCUT2D eigenvalue weighted by Crippen LogP contribution is -2.25. The summed E-state index contributed by atoms with van der Waals surface area (Å²) in [6, 6.07) is 10.1. The van der Waals surface area contributed by atoms with Crippen LogP contribution in [0.25, 0.3) is 0 Å². The fraction of sp³-hybridized carbons (Fsp3) is 0.357. The monoisotopic (exact) mass is 231 g/mol. The van der Waals surface area contributed by atoms with Gasteiger partial charge in [-0.3, -0.25) is 4.79 Å². The van der Waals surface area contributed by atoms with Crippen molar-refractivity contribution in [2.24, 2.45) is 0 Å². The number of carbonyl (C=O) groups excluding carboxylic acids is 1. The molecule has 2 rings (SSSR count). The van der Waals surface area contributed by atoms with Crippen molar-refractivity contribution >= 4 is 5.78 Å². The van der Waals surface area contributed by atoms with Crippen molar-refractivity contribution < 1.29 is 9.90 Å². The molecule has 0 bridgehead atoms. The minimum absolute atomic E-state index is 0.109. The van der Waals surface area contributed by atoms with Crippen molar-refractivity contribution in [3.63, 3.8) is 0 Å². The minimum atomic E-state index is 0.109. The molecule has 0 spiro atoms. The first-order valence-corrected chi connectivity index (χ1v) is 5.93. The van der Waals surface area contributed by atoms with E-state index < -0.39 is 0 Å². The van der Waals surface area contributed by atoms with E-state index in [2.05, 4.69) is 17.0 Å². The number of hydrogen-bond donors (Lipinski definition) is 1. The van der Waals surface area contributed by atoms with Crippen LogP contribution in [-0.4, -0.2) is 28.9 Å². The Morgan fingerprint density at radius 1 is 1.18 bits per heavy atom. The molecule has 3 nitrogen and oxygen atoms in total. The van der Waals surface area contributed by atoms with Gasteiger partial charge in [0, 0.05) is 31.3 Å². The maximum Gasteiger partial charge on any atom is 0.157 e. The molecule has 0 saturated carbocycles. The van der Waals surface area contributed by atoms with Gasteiger partial charge in [-0.2, -0.15) is 0 Å². The van der Waals surface area contributed by atoms with E-state index in [1.807, 2.05) is 18.2 Å². The molecule has 17 heavy (non-hydrogen) atoms. The summed E-state index contributed by atoms with van der Waals surface area (Å²) in [6.07, 6.45) is 3.11. The van der Waals surface area contributed by atoms with Gasteiger partial charge in [0.25, 0.3) is 0 Å². The predicted molar refractivity (Wildman–Crippen MR) is 66.3 cm³/mol. The Balaban J connectivity index is 2.08. The van der Waals surface area contributed by atoms with E-state index in [9.17, 15) is 4.79 Å². The summed E-state index contributed by atoms with van der Waals surface area (Å²) in [5.74, 6) is 0.191. The zero-order chi connectivity index (χ0) is 12.1. The molecule has 1 aromatic rings. The Labute approximate surface area is 101 Å². The first-order chi connectivity index (χ1) is 8.29. The first kappa shape index (κ1) is 11.9. The number of allylic oxidation sites excluding steroid dienone is 2. The van der Waals surface area contributed by atoms with Crippen molar-refractivity contribution in [3.8, 4) is 0 Å². The zero-order valence-corrected chi connectivity index (χ0v) is 9.80. The van der Waals surface area contributed by atoms with E-state index in [-0.39, 0.29) is 12.4 Å². The summed E-state index contributed by atoms with van der Waals surface area (Å²) in [5, 5.41) is 9.09. The van der Waals surface area contributed by atoms with Crippen molar-refractivity contribution in [3.05, 3.63) is 47.7 Å². The molecule has 1 aromatic carbocycles. The van der Waals surface area contributed by atoms with Gasteiger partial charge in [-0.15, -0.1) is 0 Å². The largest absolute Gasteiger partial charge is 0.395 e. The second-order valence-corrected chi connectivity index (χ2v) is 4.23. The van der Waals surface area contributed by atoms with Crippen LogP contribution in [0.5, 0.6) is 0 Å². The smallest absolute Gasteiger partial charge is 0.157 e. The second kappa shape index (κ2) is 5.64. The first-order valence-electron chi connectivity index (χ1n) is 5.93. The molecule has 1 N–H and O–H groups in total. The molecule has 0 aliphatic heterocycles. The van der Waals surface area contributed by atoms with Crippen molar-refractivity contribution in [2.75, 3.05) is 13.2 Å². The van der Waals surface area contributed by atoms with Crippen LogP contribution in [0.1, 0.15) is 18.4 Å². The summed E-state index contributed by atoms with van der Waals surface area (Å²) < 4.78 is 0. The molecule has 0 radical (unpaired) electrons. The number of ketones is 1. The van der Waals surface area contributed by atoms with Gasteiger partial charge in [0.1, 0.15) is 0 Å². The SMILES string of the molecule is O=C1C=C(N(CCO)Cc2ccccc2)CC1. The van der Waals surface area contributed by atoms with E-state index in [1.165, 1.54) is 5.56 Å². The van der Waals surface area contributed by atoms with Crippen LogP contribution in [0, 0.1) is 0 Å². The average Bonchev–Trinajstić information content (AvgIpc) is 2.77. The summed E-state index contributed by atoms with van der Waals surface area (Å²) in [7, 11) is 0. The molecule has 0 aromatic heterocycles. The third kappa shape index (κ3) is 3.17. The highest BCUT2D eigenvalue weighted by Crippen LogP contribution is 2.21. The normalized spacial score (nSPS) is 14.9. The Morgan fingerprint density at radius 3 is 2.53 bits per heavy atom. The number of aliphatic hydroxyl groups is 1. The summed E-state index contributed by atoms with van der Waals surface area (Å²) >= 11 is 0. The quantitative estimate of drug-likeness (QED) is 0.839. The van der Waals surface area contributed by atoms with Crippen LogP contribution in [-0.2, 0) is 11.3 Å². The highest BCUT2D eigenvalue weighted by Gasteiger charge is 2.17. The molecule has 3 heteroatoms. The Kier molecular flexibility index (Phi) is 3.94. The van der Waals surface area contributed by atoms with Gasteiger partial charge >= 0.3 is 0 Å². The Bertz CT molecular complexity index is 411. The van der Waals surface area contributed by atoms with E-state index in [0.29, 0.717) is 13.0 Å². The van der Waals surface area contributed by atoms with Crippen LogP contribution in [0.2, 0.25) is 0 Å². The van der Waals surface area contributed by atoms with Gasteiger partial charge in [0.2, 0.25) is 0 Å². The van der Waals surface area contributed by atoms with E-state index in [4.69, 9.17) is 5.11 Å². The van der Waals surface area contributed by atoms with Crippen LogP contribution < -0.4 is 0 Å². The highest BCUT2D eigenvalue weighted by atomic mass is 16.3. The summed E-state index contributed by atoms with van der Waals surface area (Å²) in [4.78, 5) is 13.3. The fourth-order valence-electron chi connectivity index (χ4n) is 2.08. The van der Waals surface area contributed by atoms with Gasteiger partial charge < -0.3 is 10.0 Å². The molecular weight excluding hydrogens is 214 g/mol. The topological polar surface area (TPSA) is 40.5 Å². The van der Waals surface area contributed by atoms with Crippen LogP contribution in [0.4, 0.5) is 0 Å². The number of benzene rings is 1. The van der Waals surface area contributed by atoms with E-state index in [0.717, 1.165) is 18.7 Å². The zero-order valence-electron chi connectivity index (χ0n) is 9.80. The number of nitrogens with zero attached hydrogens (tertiary/aromatic N) is 1. The molecule has 0 fully saturated rings. The highest BCUT2D eigenvalue weighted by molar-refractivity contribution is 5.92. The van der Waals surface area contributed by atoms with E-state index in [1.54, 1.807) is 6.08 Å². The van der Waals surface area contributed by atoms with Crippen LogP contribution >= 0.6 is 0 Å². The maximum absolute atomic E-state index is 11.2. The van der Waals surface area contributed by atoms with Crippen molar-refractivity contribution in [2.45, 2.75) is 19.4 Å². The number of hydrogen-bond acceptors (Lipinski definition) is 3. The van der Waals surface area contributed by atoms with Gasteiger partial charge in [0.05, 0.1) is 6.61 Å². The molecule has 0 amide bonds. The van der Waals surface area contributed by atoms with Crippen molar-refractivity contribution in [1.29, 1.82) is 0 Å². The Hall–Kier alpha value is -1.61. The molecule has 0 saturated heterocycles. The van der Waals surface area contributed by atoms with Gasteiger partial charge in [-0.25, -0.2) is 0 Å². The summed E-state index contributed by atoms with van der Waals surface area (Å²) in [5.41, 5.74) is 2.24. The lowest BCUT2D eigenvalue weighted by molar-refractivity contribution is -0.114. The van der Waals surface area contributed by atoms with Crippen LogP contribution in [0.15, 0.2) is 42.1 Å². The molecule has 1 aliphatic carbocycles. The van der Waals surface area contributed by atoms with Crippen molar-refractivity contribution in [1.82, 2.24) is 4.90 Å². The lowest BCUT2D eigenvalue weighted by Gasteiger charge is -2.25. The second-order valence-electron chi connectivity index (χ2n) is 4.23. The maximum atomic E-state index is 11.2. The standard InChI is InChI=1S/C14H17NO2/c16-9-8-15(13-6-7-14(17)10-13)11-12-4-2-1-3-5-12/h1-5,10,16H,6-9,11H2. The molecule has 0 unspecified atom stereocenters. The minimum Gasteiger partial charge on any atom is -0.395 e. The van der Waals surface area contributed by atoms with Gasteiger partial charge in [0.15, 0.2) is 5.78 Å². The molecule has 0 atom stereocenters. The molecule has 1 aliphatic rings. The van der Waals surface area contributed by atoms with E-state index >= 15 is 0 Å². The number of carbonyl (C=O) groups is 1. The Morgan fingerprint density at radius 2 is 1.94 bits per heavy atom. The third-order valence-corrected chi connectivity index (χ3v) is 2.95.